The highest BCUT2D eigenvalue weighted by Crippen LogP contribution is 2.20. The standard InChI is InChI=1S/C13H17ClN4O2S/c1-18-7-5-11(17-18)4-6-16-21(19,20)12-3-2-10(9-15)13(14)8-12/h2-3,5,7-8,16H,4,6,9,15H2,1H3. The minimum absolute atomic E-state index is 0.130. The van der Waals surface area contributed by atoms with Crippen LogP contribution in [0.2, 0.25) is 5.02 Å². The maximum Gasteiger partial charge on any atom is 0.240 e. The second-order valence-electron chi connectivity index (χ2n) is 4.59. The molecule has 1 aromatic heterocycles. The van der Waals surface area contributed by atoms with Crippen LogP contribution in [-0.4, -0.2) is 24.7 Å². The molecule has 0 radical (unpaired) electrons. The van der Waals surface area contributed by atoms with E-state index < -0.39 is 10.0 Å². The van der Waals surface area contributed by atoms with Gasteiger partial charge in [0.15, 0.2) is 0 Å². The SMILES string of the molecule is Cn1ccc(CCNS(=O)(=O)c2ccc(CN)c(Cl)c2)n1. The van der Waals surface area contributed by atoms with E-state index in [9.17, 15) is 8.42 Å². The van der Waals surface area contributed by atoms with E-state index in [0.717, 1.165) is 5.69 Å². The lowest BCUT2D eigenvalue weighted by Gasteiger charge is -2.08. The number of hydrogen-bond acceptors (Lipinski definition) is 4. The first kappa shape index (κ1) is 16.0. The molecule has 2 rings (SSSR count). The van der Waals surface area contributed by atoms with Crippen molar-refractivity contribution < 1.29 is 8.42 Å². The summed E-state index contributed by atoms with van der Waals surface area (Å²) in [5.74, 6) is 0. The lowest BCUT2D eigenvalue weighted by Crippen LogP contribution is -2.26. The zero-order valence-electron chi connectivity index (χ0n) is 11.6. The summed E-state index contributed by atoms with van der Waals surface area (Å²) < 4.78 is 28.5. The Morgan fingerprint density at radius 2 is 2.14 bits per heavy atom. The van der Waals surface area contributed by atoms with Gasteiger partial charge >= 0.3 is 0 Å². The summed E-state index contributed by atoms with van der Waals surface area (Å²) in [5, 5.41) is 4.54. The highest BCUT2D eigenvalue weighted by Gasteiger charge is 2.15. The lowest BCUT2D eigenvalue weighted by atomic mass is 10.2. The van der Waals surface area contributed by atoms with E-state index in [4.69, 9.17) is 17.3 Å². The third-order valence-electron chi connectivity index (χ3n) is 3.00. The number of aryl methyl sites for hydroxylation is 1. The molecule has 6 nitrogen and oxygen atoms in total. The topological polar surface area (TPSA) is 90.0 Å². The van der Waals surface area contributed by atoms with Gasteiger partial charge in [-0.1, -0.05) is 17.7 Å². The van der Waals surface area contributed by atoms with Crippen molar-refractivity contribution in [3.05, 3.63) is 46.7 Å². The van der Waals surface area contributed by atoms with E-state index >= 15 is 0 Å². The van der Waals surface area contributed by atoms with Gasteiger partial charge in [0, 0.05) is 37.8 Å². The zero-order valence-corrected chi connectivity index (χ0v) is 13.2. The molecule has 0 saturated heterocycles. The Balaban J connectivity index is 2.02. The Morgan fingerprint density at radius 3 is 2.71 bits per heavy atom. The summed E-state index contributed by atoms with van der Waals surface area (Å²) in [7, 11) is -1.77. The Bertz CT molecular complexity index is 728. The average molecular weight is 329 g/mol. The van der Waals surface area contributed by atoms with Crippen LogP contribution in [0.25, 0.3) is 0 Å². The third-order valence-corrected chi connectivity index (χ3v) is 4.81. The molecule has 0 fully saturated rings. The largest absolute Gasteiger partial charge is 0.326 e. The summed E-state index contributed by atoms with van der Waals surface area (Å²) >= 11 is 5.98. The molecule has 3 N–H and O–H groups in total. The zero-order chi connectivity index (χ0) is 15.5. The van der Waals surface area contributed by atoms with Crippen molar-refractivity contribution in [3.8, 4) is 0 Å². The van der Waals surface area contributed by atoms with Crippen LogP contribution in [0.3, 0.4) is 0 Å². The molecule has 21 heavy (non-hydrogen) atoms. The van der Waals surface area contributed by atoms with Crippen molar-refractivity contribution in [3.63, 3.8) is 0 Å². The molecule has 114 valence electrons. The normalized spacial score (nSPS) is 11.8. The van der Waals surface area contributed by atoms with E-state index in [1.54, 1.807) is 10.7 Å². The molecule has 0 bridgehead atoms. The van der Waals surface area contributed by atoms with Gasteiger partial charge in [-0.25, -0.2) is 13.1 Å². The molecule has 0 aliphatic carbocycles. The van der Waals surface area contributed by atoms with Crippen LogP contribution in [0, 0.1) is 0 Å². The molecule has 0 saturated carbocycles. The number of nitrogens with zero attached hydrogens (tertiary/aromatic N) is 2. The number of benzene rings is 1. The van der Waals surface area contributed by atoms with Gasteiger partial charge in [-0.3, -0.25) is 4.68 Å². The minimum Gasteiger partial charge on any atom is -0.326 e. The molecule has 1 heterocycles. The number of hydrogen-bond donors (Lipinski definition) is 2. The summed E-state index contributed by atoms with van der Waals surface area (Å²) in [5.41, 5.74) is 7.04. The third kappa shape index (κ3) is 4.04. The summed E-state index contributed by atoms with van der Waals surface area (Å²) in [4.78, 5) is 0.130. The van der Waals surface area contributed by atoms with E-state index in [1.165, 1.54) is 12.1 Å². The predicted molar refractivity (Wildman–Crippen MR) is 81.4 cm³/mol. The van der Waals surface area contributed by atoms with Crippen LogP contribution in [-0.2, 0) is 30.0 Å². The average Bonchev–Trinajstić information content (AvgIpc) is 2.84. The molecule has 0 spiro atoms. The van der Waals surface area contributed by atoms with Crippen LogP contribution >= 0.6 is 11.6 Å². The predicted octanol–water partition coefficient (Wildman–Crippen LogP) is 1.05. The van der Waals surface area contributed by atoms with Gasteiger partial charge in [-0.2, -0.15) is 5.10 Å². The fourth-order valence-corrected chi connectivity index (χ4v) is 3.23. The molecular weight excluding hydrogens is 312 g/mol. The van der Waals surface area contributed by atoms with Crippen molar-refractivity contribution in [2.75, 3.05) is 6.54 Å². The van der Waals surface area contributed by atoms with E-state index in [-0.39, 0.29) is 18.0 Å². The second kappa shape index (κ2) is 6.57. The number of nitrogens with two attached hydrogens (primary N) is 1. The summed E-state index contributed by atoms with van der Waals surface area (Å²) in [6, 6.07) is 6.38. The Hall–Kier alpha value is -1.41. The molecule has 0 aliphatic rings. The number of sulfonamides is 1. The highest BCUT2D eigenvalue weighted by atomic mass is 35.5. The first-order valence-electron chi connectivity index (χ1n) is 6.39. The molecule has 0 amide bonds. The smallest absolute Gasteiger partial charge is 0.240 e. The van der Waals surface area contributed by atoms with E-state index in [1.807, 2.05) is 19.3 Å². The van der Waals surface area contributed by atoms with Gasteiger partial charge in [0.1, 0.15) is 0 Å². The Morgan fingerprint density at radius 1 is 1.38 bits per heavy atom. The van der Waals surface area contributed by atoms with Crippen LogP contribution < -0.4 is 10.5 Å². The fourth-order valence-electron chi connectivity index (χ4n) is 1.85. The van der Waals surface area contributed by atoms with E-state index in [2.05, 4.69) is 9.82 Å². The molecule has 2 aromatic rings. The van der Waals surface area contributed by atoms with Crippen molar-refractivity contribution in [1.29, 1.82) is 0 Å². The first-order chi connectivity index (χ1) is 9.92. The first-order valence-corrected chi connectivity index (χ1v) is 8.25. The minimum atomic E-state index is -3.58. The maximum absolute atomic E-state index is 12.2. The van der Waals surface area contributed by atoms with Crippen molar-refractivity contribution >= 4 is 21.6 Å². The number of aromatic nitrogens is 2. The van der Waals surface area contributed by atoms with Gasteiger partial charge in [-0.15, -0.1) is 0 Å². The number of nitrogens with one attached hydrogen (secondary N) is 1. The van der Waals surface area contributed by atoms with Crippen LogP contribution in [0.4, 0.5) is 0 Å². The van der Waals surface area contributed by atoms with Crippen molar-refractivity contribution in [2.45, 2.75) is 17.9 Å². The monoisotopic (exact) mass is 328 g/mol. The highest BCUT2D eigenvalue weighted by molar-refractivity contribution is 7.89. The van der Waals surface area contributed by atoms with Gasteiger partial charge in [0.05, 0.1) is 10.6 Å². The molecule has 0 aliphatic heterocycles. The van der Waals surface area contributed by atoms with Crippen molar-refractivity contribution in [2.24, 2.45) is 12.8 Å². The van der Waals surface area contributed by atoms with Gasteiger partial charge in [0.2, 0.25) is 10.0 Å². The van der Waals surface area contributed by atoms with Crippen LogP contribution in [0.15, 0.2) is 35.4 Å². The number of halogens is 1. The molecule has 1 aromatic carbocycles. The Kier molecular flexibility index (Phi) is 5.00. The second-order valence-corrected chi connectivity index (χ2v) is 6.76. The van der Waals surface area contributed by atoms with E-state index in [0.29, 0.717) is 17.0 Å². The van der Waals surface area contributed by atoms with Crippen LogP contribution in [0.1, 0.15) is 11.3 Å². The lowest BCUT2D eigenvalue weighted by molar-refractivity contribution is 0.581. The molecule has 8 heteroatoms. The maximum atomic E-state index is 12.2. The van der Waals surface area contributed by atoms with Gasteiger partial charge < -0.3 is 5.73 Å². The summed E-state index contributed by atoms with van der Waals surface area (Å²) in [6.45, 7) is 0.544. The summed E-state index contributed by atoms with van der Waals surface area (Å²) in [6.07, 6.45) is 2.34. The quantitative estimate of drug-likeness (QED) is 0.829. The number of rotatable bonds is 6. The van der Waals surface area contributed by atoms with Crippen molar-refractivity contribution in [1.82, 2.24) is 14.5 Å². The van der Waals surface area contributed by atoms with Crippen LogP contribution in [0.5, 0.6) is 0 Å². The Labute approximate surface area is 129 Å². The molecule has 0 unspecified atom stereocenters. The van der Waals surface area contributed by atoms with Gasteiger partial charge in [0.25, 0.3) is 0 Å². The van der Waals surface area contributed by atoms with Gasteiger partial charge in [-0.05, 0) is 23.8 Å². The fraction of sp³-hybridized carbons (Fsp3) is 0.308. The molecule has 0 atom stereocenters. The molecular formula is C13H17ClN4O2S.